The fraction of sp³-hybridized carbons (Fsp3) is 0.603. The third-order valence-corrected chi connectivity index (χ3v) is 15.5. The fourth-order valence-electron chi connectivity index (χ4n) is 9.14. The van der Waals surface area contributed by atoms with Gasteiger partial charge in [0, 0.05) is 49.0 Å². The first-order valence-corrected chi connectivity index (χ1v) is 29.5. The Balaban J connectivity index is 1.61. The average molecular weight is 1180 g/mol. The van der Waals surface area contributed by atoms with Crippen molar-refractivity contribution in [3.63, 3.8) is 0 Å². The van der Waals surface area contributed by atoms with Crippen LogP contribution in [0.25, 0.3) is 0 Å². The summed E-state index contributed by atoms with van der Waals surface area (Å²) in [6.45, 7) is 21.0. The monoisotopic (exact) mass is 1180 g/mol. The predicted octanol–water partition coefficient (Wildman–Crippen LogP) is 2.87. The van der Waals surface area contributed by atoms with Crippen LogP contribution >= 0.6 is 0 Å². The Labute approximate surface area is 489 Å². The highest BCUT2D eigenvalue weighted by Crippen LogP contribution is 2.29. The van der Waals surface area contributed by atoms with Crippen molar-refractivity contribution in [1.82, 2.24) is 41.1 Å². The lowest BCUT2D eigenvalue weighted by Gasteiger charge is -2.40. The third kappa shape index (κ3) is 22.0. The number of sulfonamides is 1. The van der Waals surface area contributed by atoms with Crippen LogP contribution in [0, 0.1) is 23.2 Å². The second-order valence-electron chi connectivity index (χ2n) is 23.0. The van der Waals surface area contributed by atoms with Crippen molar-refractivity contribution in [2.75, 3.05) is 72.1 Å². The van der Waals surface area contributed by atoms with E-state index in [1.54, 1.807) is 34.9 Å². The zero-order valence-corrected chi connectivity index (χ0v) is 51.3. The molecule has 25 heteroatoms. The average Bonchev–Trinajstić information content (AvgIpc) is 3.70. The van der Waals surface area contributed by atoms with E-state index in [1.165, 1.54) is 47.1 Å². The molecule has 0 bridgehead atoms. The minimum Gasteiger partial charge on any atom is -0.379 e. The number of benzene rings is 2. The molecule has 3 rings (SSSR count). The number of urea groups is 1. The summed E-state index contributed by atoms with van der Waals surface area (Å²) in [4.78, 5) is 120. The van der Waals surface area contributed by atoms with E-state index < -0.39 is 92.5 Å². The van der Waals surface area contributed by atoms with Crippen LogP contribution in [-0.2, 0) is 68.0 Å². The topological polar surface area (TPSA) is 332 Å². The molecular formula is C58H90N10O14S. The van der Waals surface area contributed by atoms with Crippen LogP contribution < -0.4 is 42.4 Å². The number of rotatable bonds is 34. The van der Waals surface area contributed by atoms with Crippen molar-refractivity contribution >= 4 is 69.0 Å². The molecule has 1 aliphatic rings. The molecule has 0 spiro atoms. The number of ether oxygens (including phenoxy) is 3. The summed E-state index contributed by atoms with van der Waals surface area (Å²) in [5, 5.41) is 16.6. The maximum Gasteiger partial charge on any atom is 0.312 e. The van der Waals surface area contributed by atoms with E-state index in [0.717, 1.165) is 5.56 Å². The molecule has 1 unspecified atom stereocenters. The Kier molecular flexibility index (Phi) is 27.9. The van der Waals surface area contributed by atoms with E-state index in [0.29, 0.717) is 0 Å². The molecule has 0 radical (unpaired) electrons. The number of nitrogens with two attached hydrogens (primary N) is 1. The third-order valence-electron chi connectivity index (χ3n) is 14.1. The van der Waals surface area contributed by atoms with Gasteiger partial charge in [0.05, 0.1) is 63.2 Å². The minimum absolute atomic E-state index is 0.00184. The van der Waals surface area contributed by atoms with Crippen molar-refractivity contribution in [3.05, 3.63) is 71.8 Å². The molecule has 462 valence electrons. The second kappa shape index (κ2) is 32.9. The highest BCUT2D eigenvalue weighted by atomic mass is 32.2. The molecule has 1 saturated heterocycles. The van der Waals surface area contributed by atoms with Crippen LogP contribution in [0.2, 0.25) is 0 Å². The summed E-state index contributed by atoms with van der Waals surface area (Å²) in [7, 11) is -1.24. The molecule has 2 aromatic carbocycles. The molecule has 0 aromatic heterocycles. The Morgan fingerprint density at radius 3 is 1.90 bits per heavy atom. The number of likely N-dealkylation sites (N-methyl/N-ethyl adjacent to an activating group) is 2. The summed E-state index contributed by atoms with van der Waals surface area (Å²) in [6.07, 6.45) is 1.84. The van der Waals surface area contributed by atoms with Crippen LogP contribution in [-0.4, -0.2) is 169 Å². The van der Waals surface area contributed by atoms with E-state index in [2.05, 4.69) is 36.6 Å². The molecule has 1 fully saturated rings. The van der Waals surface area contributed by atoms with E-state index in [4.69, 9.17) is 19.9 Å². The lowest BCUT2D eigenvalue weighted by molar-refractivity contribution is -0.141. The van der Waals surface area contributed by atoms with Gasteiger partial charge in [-0.15, -0.1) is 0 Å². The molecule has 6 atom stereocenters. The first-order chi connectivity index (χ1) is 38.8. The van der Waals surface area contributed by atoms with Gasteiger partial charge in [-0.1, -0.05) is 106 Å². The van der Waals surface area contributed by atoms with Crippen molar-refractivity contribution in [2.24, 2.45) is 28.9 Å². The zero-order valence-electron chi connectivity index (χ0n) is 50.5. The highest BCUT2D eigenvalue weighted by Gasteiger charge is 2.42. The summed E-state index contributed by atoms with van der Waals surface area (Å²) < 4.78 is 45.7. The highest BCUT2D eigenvalue weighted by molar-refractivity contribution is 7.90. The van der Waals surface area contributed by atoms with Gasteiger partial charge >= 0.3 is 6.03 Å². The Hall–Kier alpha value is -6.80. The van der Waals surface area contributed by atoms with Crippen LogP contribution in [0.4, 0.5) is 10.5 Å². The number of nitrogens with zero attached hydrogens (tertiary/aromatic N) is 2. The number of hydrogen-bond donors (Lipinski definition) is 8. The SMILES string of the molecule is CN[C@H](C(=O)N[C@H](C(=O)N(C)[C@H](/C=C(\C)C(=O)NS(=O)(=O)c1ccc(NC(=O)[C@H](CCCNC(N)=O)NC(=O)[C@@H](NC(=O)CCOCCOCCOCCN2C(=O)CC(C)C2=O)C(C)C)cc1)C(C)C)C(C)(C)C)C(C)(C)c1ccccc1. The molecule has 0 aliphatic carbocycles. The Morgan fingerprint density at radius 2 is 1.37 bits per heavy atom. The number of nitrogens with one attached hydrogen (secondary N) is 7. The second-order valence-corrected chi connectivity index (χ2v) is 24.6. The summed E-state index contributed by atoms with van der Waals surface area (Å²) >= 11 is 0. The van der Waals surface area contributed by atoms with E-state index in [1.807, 2.05) is 78.8 Å². The van der Waals surface area contributed by atoms with Crippen molar-refractivity contribution in [3.8, 4) is 0 Å². The van der Waals surface area contributed by atoms with Gasteiger partial charge in [0.15, 0.2) is 0 Å². The molecule has 0 saturated carbocycles. The lowest BCUT2D eigenvalue weighted by atomic mass is 9.76. The largest absolute Gasteiger partial charge is 0.379 e. The van der Waals surface area contributed by atoms with Gasteiger partial charge in [-0.3, -0.25) is 43.3 Å². The van der Waals surface area contributed by atoms with Crippen LogP contribution in [0.1, 0.15) is 107 Å². The number of likely N-dealkylation sites (tertiary alicyclic amines) is 1. The van der Waals surface area contributed by atoms with E-state index >= 15 is 0 Å². The van der Waals surface area contributed by atoms with Gasteiger partial charge in [-0.25, -0.2) is 17.9 Å². The first-order valence-electron chi connectivity index (χ1n) is 28.0. The number of hydrogen-bond acceptors (Lipinski definition) is 15. The zero-order chi connectivity index (χ0) is 62.4. The summed E-state index contributed by atoms with van der Waals surface area (Å²) in [6, 6.07) is 9.03. The number of amides is 10. The number of primary amides is 1. The summed E-state index contributed by atoms with van der Waals surface area (Å²) in [5.41, 5.74) is 4.86. The normalized spacial score (nSPS) is 15.9. The summed E-state index contributed by atoms with van der Waals surface area (Å²) in [5.74, 6) is -5.01. The van der Waals surface area contributed by atoms with Gasteiger partial charge < -0.3 is 56.7 Å². The van der Waals surface area contributed by atoms with E-state index in [-0.39, 0.29) is 124 Å². The smallest absolute Gasteiger partial charge is 0.312 e. The van der Waals surface area contributed by atoms with Crippen molar-refractivity contribution in [2.45, 2.75) is 142 Å². The Bertz CT molecular complexity index is 2680. The molecule has 9 N–H and O–H groups in total. The van der Waals surface area contributed by atoms with Gasteiger partial charge in [0.1, 0.15) is 18.1 Å². The first kappa shape index (κ1) is 70.5. The van der Waals surface area contributed by atoms with Crippen LogP contribution in [0.15, 0.2) is 71.1 Å². The minimum atomic E-state index is -4.49. The number of imide groups is 1. The number of carbonyl (C=O) groups excluding carboxylic acids is 9. The number of carbonyl (C=O) groups is 9. The standard InChI is InChI=1S/C58H90N10O14S/c1-36(2)44(67(13)55(76)49(57(7,8)9)65-53(74)48(60-12)58(10,11)40-18-15-14-16-19-40)34-38(5)50(71)66-83(78,79)42-23-21-41(22-24-42)62-51(72)43(20-17-26-61-56(59)77)63-52(73)47(37(3)4)64-45(69)25-28-80-30-32-82-33-31-81-29-27-68-46(70)35-39(6)54(68)75/h14-16,18-19,21-24,34,36-37,39,43-44,47-49,60H,17,20,25-33,35H2,1-13H3,(H,62,72)(H,63,73)(H,64,69)(H,65,74)(H,66,71)(H3,59,61,77)/b38-34+/t39?,43-,44+,47-,48+,49+/m0/s1. The van der Waals surface area contributed by atoms with Crippen LogP contribution in [0.3, 0.4) is 0 Å². The van der Waals surface area contributed by atoms with Gasteiger partial charge in [0.2, 0.25) is 41.4 Å². The Morgan fingerprint density at radius 1 is 0.783 bits per heavy atom. The van der Waals surface area contributed by atoms with Gasteiger partial charge in [-0.2, -0.15) is 0 Å². The maximum atomic E-state index is 14.4. The van der Waals surface area contributed by atoms with Crippen molar-refractivity contribution in [1.29, 1.82) is 0 Å². The van der Waals surface area contributed by atoms with Gasteiger partial charge in [0.25, 0.3) is 15.9 Å². The number of anilines is 1. The molecule has 10 amide bonds. The quantitative estimate of drug-likeness (QED) is 0.0284. The molecule has 1 heterocycles. The van der Waals surface area contributed by atoms with Crippen LogP contribution in [0.5, 0.6) is 0 Å². The predicted molar refractivity (Wildman–Crippen MR) is 312 cm³/mol. The van der Waals surface area contributed by atoms with Gasteiger partial charge in [-0.05, 0) is 73.9 Å². The fourth-order valence-corrected chi connectivity index (χ4v) is 10.2. The molecular weight excluding hydrogens is 1090 g/mol. The molecule has 2 aromatic rings. The molecule has 83 heavy (non-hydrogen) atoms. The molecule has 24 nitrogen and oxygen atoms in total. The van der Waals surface area contributed by atoms with Crippen molar-refractivity contribution < 1.29 is 65.8 Å². The lowest BCUT2D eigenvalue weighted by Crippen LogP contribution is -2.61. The molecule has 1 aliphatic heterocycles. The van der Waals surface area contributed by atoms with E-state index in [9.17, 15) is 51.6 Å². The maximum absolute atomic E-state index is 14.4.